The third-order valence-electron chi connectivity index (χ3n) is 2.32. The van der Waals surface area contributed by atoms with Gasteiger partial charge in [0.25, 0.3) is 0 Å². The summed E-state index contributed by atoms with van der Waals surface area (Å²) in [6.07, 6.45) is 2.75. The molecule has 0 heterocycles. The van der Waals surface area contributed by atoms with E-state index in [0.717, 1.165) is 43.8 Å². The first-order valence-corrected chi connectivity index (χ1v) is 6.67. The number of hydrogen-bond donors (Lipinski definition) is 0. The fourth-order valence-electron chi connectivity index (χ4n) is 1.38. The van der Waals surface area contributed by atoms with Gasteiger partial charge in [0, 0.05) is 31.6 Å². The van der Waals surface area contributed by atoms with Crippen LogP contribution in [-0.2, 0) is 4.74 Å². The molecule has 0 atom stereocenters. The zero-order valence-corrected chi connectivity index (χ0v) is 11.5. The van der Waals surface area contributed by atoms with E-state index in [1.54, 1.807) is 7.11 Å². The molecule has 0 aliphatic rings. The highest BCUT2D eigenvalue weighted by atomic mass is 35.5. The van der Waals surface area contributed by atoms with E-state index >= 15 is 0 Å². The van der Waals surface area contributed by atoms with Crippen LogP contribution in [0.3, 0.4) is 0 Å². The van der Waals surface area contributed by atoms with E-state index in [1.165, 1.54) is 0 Å². The van der Waals surface area contributed by atoms with E-state index in [9.17, 15) is 0 Å². The van der Waals surface area contributed by atoms with Gasteiger partial charge in [-0.2, -0.15) is 0 Å². The molecular weight excluding hydrogens is 248 g/mol. The molecule has 0 saturated heterocycles. The van der Waals surface area contributed by atoms with Crippen molar-refractivity contribution in [3.8, 4) is 17.6 Å². The van der Waals surface area contributed by atoms with Crippen molar-refractivity contribution in [3.05, 3.63) is 29.8 Å². The van der Waals surface area contributed by atoms with Crippen molar-refractivity contribution < 1.29 is 9.47 Å². The Balaban J connectivity index is 2.30. The number of halogens is 1. The van der Waals surface area contributed by atoms with E-state index in [2.05, 4.69) is 11.8 Å². The second kappa shape index (κ2) is 9.82. The predicted molar refractivity (Wildman–Crippen MR) is 75.3 cm³/mol. The highest BCUT2D eigenvalue weighted by Crippen LogP contribution is 2.12. The van der Waals surface area contributed by atoms with Gasteiger partial charge in [-0.15, -0.1) is 11.6 Å². The van der Waals surface area contributed by atoms with Crippen LogP contribution in [0.5, 0.6) is 5.75 Å². The van der Waals surface area contributed by atoms with Crippen molar-refractivity contribution in [1.29, 1.82) is 0 Å². The summed E-state index contributed by atoms with van der Waals surface area (Å²) < 4.78 is 10.6. The Hall–Kier alpha value is -1.17. The number of alkyl halides is 1. The highest BCUT2D eigenvalue weighted by Gasteiger charge is 1.94. The molecule has 0 aliphatic carbocycles. The normalized spacial score (nSPS) is 9.67. The molecule has 0 amide bonds. The van der Waals surface area contributed by atoms with Crippen LogP contribution >= 0.6 is 11.6 Å². The number of ether oxygens (including phenoxy) is 2. The summed E-state index contributed by atoms with van der Waals surface area (Å²) in [5, 5.41) is 0. The average Bonchev–Trinajstić information content (AvgIpc) is 2.40. The summed E-state index contributed by atoms with van der Waals surface area (Å²) in [6.45, 7) is 1.51. The van der Waals surface area contributed by atoms with Crippen LogP contribution in [0.4, 0.5) is 0 Å². The molecule has 1 aromatic rings. The Morgan fingerprint density at radius 1 is 1.11 bits per heavy atom. The van der Waals surface area contributed by atoms with Gasteiger partial charge in [0.15, 0.2) is 0 Å². The van der Waals surface area contributed by atoms with Crippen LogP contribution in [0, 0.1) is 11.8 Å². The van der Waals surface area contributed by atoms with Crippen molar-refractivity contribution in [2.45, 2.75) is 19.3 Å². The zero-order valence-electron chi connectivity index (χ0n) is 10.7. The molecule has 0 saturated carbocycles. The second-order valence-electron chi connectivity index (χ2n) is 3.81. The van der Waals surface area contributed by atoms with Crippen molar-refractivity contribution >= 4 is 11.6 Å². The summed E-state index contributed by atoms with van der Waals surface area (Å²) in [6, 6.07) is 7.82. The lowest BCUT2D eigenvalue weighted by atomic mass is 10.2. The molecule has 0 spiro atoms. The minimum Gasteiger partial charge on any atom is -0.494 e. The van der Waals surface area contributed by atoms with Gasteiger partial charge < -0.3 is 9.47 Å². The molecule has 1 rings (SSSR count). The number of rotatable bonds is 7. The lowest BCUT2D eigenvalue weighted by Gasteiger charge is -2.05. The molecule has 0 aromatic heterocycles. The van der Waals surface area contributed by atoms with Crippen LogP contribution < -0.4 is 4.74 Å². The van der Waals surface area contributed by atoms with Crippen molar-refractivity contribution in [1.82, 2.24) is 0 Å². The monoisotopic (exact) mass is 266 g/mol. The minimum absolute atomic E-state index is 0.579. The summed E-state index contributed by atoms with van der Waals surface area (Å²) in [7, 11) is 1.71. The Morgan fingerprint density at radius 2 is 1.83 bits per heavy atom. The van der Waals surface area contributed by atoms with Crippen LogP contribution in [0.25, 0.3) is 0 Å². The third-order valence-corrected chi connectivity index (χ3v) is 2.51. The molecule has 3 heteroatoms. The van der Waals surface area contributed by atoms with E-state index in [-0.39, 0.29) is 0 Å². The second-order valence-corrected chi connectivity index (χ2v) is 4.19. The fourth-order valence-corrected chi connectivity index (χ4v) is 1.48. The Bertz CT molecular complexity index is 376. The van der Waals surface area contributed by atoms with Gasteiger partial charge in [0.2, 0.25) is 0 Å². The topological polar surface area (TPSA) is 18.5 Å². The molecular formula is C15H19ClO2. The third kappa shape index (κ3) is 6.54. The van der Waals surface area contributed by atoms with Gasteiger partial charge in [-0.05, 0) is 37.1 Å². The fraction of sp³-hybridized carbons (Fsp3) is 0.467. The molecule has 0 fully saturated rings. The van der Waals surface area contributed by atoms with Crippen molar-refractivity contribution in [2.75, 3.05) is 26.2 Å². The average molecular weight is 267 g/mol. The Kier molecular flexibility index (Phi) is 8.12. The molecule has 18 heavy (non-hydrogen) atoms. The molecule has 98 valence electrons. The largest absolute Gasteiger partial charge is 0.494 e. The molecule has 0 aliphatic heterocycles. The minimum atomic E-state index is 0.579. The molecule has 0 N–H and O–H groups in total. The zero-order chi connectivity index (χ0) is 13.1. The van der Waals surface area contributed by atoms with Gasteiger partial charge in [-0.1, -0.05) is 11.8 Å². The van der Waals surface area contributed by atoms with E-state index in [0.29, 0.717) is 5.88 Å². The first kappa shape index (κ1) is 14.9. The van der Waals surface area contributed by atoms with Crippen LogP contribution in [0.15, 0.2) is 24.3 Å². The molecule has 1 aromatic carbocycles. The van der Waals surface area contributed by atoms with Gasteiger partial charge in [-0.25, -0.2) is 0 Å². The smallest absolute Gasteiger partial charge is 0.119 e. The standard InChI is InChI=1S/C15H19ClO2/c1-17-12-4-5-13-18-15-9-7-14(8-10-15)6-2-3-11-16/h7-10H,3-5,11-13H2,1H3. The summed E-state index contributed by atoms with van der Waals surface area (Å²) in [5.41, 5.74) is 0.992. The Labute approximate surface area is 114 Å². The summed E-state index contributed by atoms with van der Waals surface area (Å²) in [5.74, 6) is 7.51. The van der Waals surface area contributed by atoms with Gasteiger partial charge in [-0.3, -0.25) is 0 Å². The van der Waals surface area contributed by atoms with Crippen LogP contribution in [0.2, 0.25) is 0 Å². The maximum Gasteiger partial charge on any atom is 0.119 e. The lowest BCUT2D eigenvalue weighted by Crippen LogP contribution is -1.99. The first-order chi connectivity index (χ1) is 8.86. The van der Waals surface area contributed by atoms with Crippen molar-refractivity contribution in [3.63, 3.8) is 0 Å². The molecule has 0 unspecified atom stereocenters. The van der Waals surface area contributed by atoms with E-state index in [1.807, 2.05) is 24.3 Å². The van der Waals surface area contributed by atoms with Gasteiger partial charge in [0.1, 0.15) is 5.75 Å². The molecule has 2 nitrogen and oxygen atoms in total. The van der Waals surface area contributed by atoms with Crippen molar-refractivity contribution in [2.24, 2.45) is 0 Å². The molecule has 0 radical (unpaired) electrons. The SMILES string of the molecule is COCCCCOc1ccc(C#CCCCl)cc1. The summed E-state index contributed by atoms with van der Waals surface area (Å²) >= 11 is 5.55. The lowest BCUT2D eigenvalue weighted by molar-refractivity contribution is 0.184. The Morgan fingerprint density at radius 3 is 2.50 bits per heavy atom. The van der Waals surface area contributed by atoms with Crippen LogP contribution in [0.1, 0.15) is 24.8 Å². The quantitative estimate of drug-likeness (QED) is 0.427. The number of hydrogen-bond acceptors (Lipinski definition) is 2. The number of unbranched alkanes of at least 4 members (excludes halogenated alkanes) is 1. The van der Waals surface area contributed by atoms with E-state index < -0.39 is 0 Å². The van der Waals surface area contributed by atoms with Crippen LogP contribution in [-0.4, -0.2) is 26.2 Å². The molecule has 0 bridgehead atoms. The van der Waals surface area contributed by atoms with E-state index in [4.69, 9.17) is 21.1 Å². The van der Waals surface area contributed by atoms with Gasteiger partial charge in [0.05, 0.1) is 6.61 Å². The summed E-state index contributed by atoms with van der Waals surface area (Å²) in [4.78, 5) is 0. The number of methoxy groups -OCH3 is 1. The highest BCUT2D eigenvalue weighted by molar-refractivity contribution is 6.18. The maximum atomic E-state index is 5.61. The maximum absolute atomic E-state index is 5.61. The first-order valence-electron chi connectivity index (χ1n) is 6.13. The van der Waals surface area contributed by atoms with Gasteiger partial charge >= 0.3 is 0 Å². The number of benzene rings is 1. The predicted octanol–water partition coefficient (Wildman–Crippen LogP) is 3.47.